The second-order valence-corrected chi connectivity index (χ2v) is 6.94. The van der Waals surface area contributed by atoms with Crippen LogP contribution in [0.1, 0.15) is 25.0 Å². The lowest BCUT2D eigenvalue weighted by molar-refractivity contribution is -0.119. The van der Waals surface area contributed by atoms with E-state index in [0.717, 1.165) is 17.7 Å². The van der Waals surface area contributed by atoms with Crippen LogP contribution in [0.3, 0.4) is 0 Å². The van der Waals surface area contributed by atoms with Crippen molar-refractivity contribution in [3.63, 3.8) is 0 Å². The van der Waals surface area contributed by atoms with Gasteiger partial charge in [-0.25, -0.2) is 8.78 Å². The minimum absolute atomic E-state index is 0.0249. The van der Waals surface area contributed by atoms with Crippen LogP contribution in [-0.4, -0.2) is 31.0 Å². The summed E-state index contributed by atoms with van der Waals surface area (Å²) in [4.78, 5) is 14.9. The molecule has 1 heterocycles. The Hall–Kier alpha value is -2.63. The van der Waals surface area contributed by atoms with Crippen molar-refractivity contribution in [2.75, 3.05) is 16.8 Å². The Labute approximate surface area is 158 Å². The number of alkyl halides is 2. The van der Waals surface area contributed by atoms with Gasteiger partial charge in [-0.1, -0.05) is 24.3 Å². The molecule has 2 unspecified atom stereocenters. The number of hydrogen-bond donors (Lipinski definition) is 1. The summed E-state index contributed by atoms with van der Waals surface area (Å²) in [5, 5.41) is 3.17. The number of rotatable bonds is 6. The summed E-state index contributed by atoms with van der Waals surface area (Å²) in [5.74, 6) is 0.364. The normalized spacial score (nSPS) is 17.0. The van der Waals surface area contributed by atoms with Crippen molar-refractivity contribution in [1.82, 2.24) is 0 Å². The summed E-state index contributed by atoms with van der Waals surface area (Å²) in [6.45, 7) is 4.98. The molecule has 0 saturated carbocycles. The van der Waals surface area contributed by atoms with E-state index in [1.807, 2.05) is 42.2 Å². The fourth-order valence-corrected chi connectivity index (χ4v) is 3.42. The highest BCUT2D eigenvalue weighted by Crippen LogP contribution is 2.32. The molecule has 2 atom stereocenters. The van der Waals surface area contributed by atoms with E-state index < -0.39 is 19.1 Å². The lowest BCUT2D eigenvalue weighted by Gasteiger charge is -2.27. The van der Waals surface area contributed by atoms with Crippen LogP contribution in [0.25, 0.3) is 0 Å². The largest absolute Gasteiger partial charge is 0.487 e. The Morgan fingerprint density at radius 1 is 1.30 bits per heavy atom. The highest BCUT2D eigenvalue weighted by Gasteiger charge is 2.33. The van der Waals surface area contributed by atoms with Crippen molar-refractivity contribution in [3.05, 3.63) is 53.6 Å². The van der Waals surface area contributed by atoms with Crippen molar-refractivity contribution in [3.8, 4) is 5.75 Å². The lowest BCUT2D eigenvalue weighted by atomic mass is 10.1. The molecule has 144 valence electrons. The monoisotopic (exact) mass is 374 g/mol. The molecule has 1 aliphatic heterocycles. The number of nitrogens with zero attached hydrogens (tertiary/aromatic N) is 1. The first-order valence-corrected chi connectivity index (χ1v) is 9.06. The SMILES string of the molecule is Cc1ccc(NC(C)C(=O)N2c3ccccc3CC2C)cc1OCC(F)F. The number of benzene rings is 2. The summed E-state index contributed by atoms with van der Waals surface area (Å²) < 4.78 is 30.0. The average molecular weight is 374 g/mol. The van der Waals surface area contributed by atoms with Crippen LogP contribution >= 0.6 is 0 Å². The summed E-state index contributed by atoms with van der Waals surface area (Å²) in [6.07, 6.45) is -1.69. The predicted octanol–water partition coefficient (Wildman–Crippen LogP) is 4.42. The smallest absolute Gasteiger partial charge is 0.272 e. The zero-order valence-corrected chi connectivity index (χ0v) is 15.7. The van der Waals surface area contributed by atoms with Gasteiger partial charge in [0.25, 0.3) is 6.43 Å². The van der Waals surface area contributed by atoms with Crippen molar-refractivity contribution < 1.29 is 18.3 Å². The molecule has 0 spiro atoms. The molecule has 1 amide bonds. The topological polar surface area (TPSA) is 41.6 Å². The third kappa shape index (κ3) is 4.21. The van der Waals surface area contributed by atoms with Crippen LogP contribution in [-0.2, 0) is 11.2 Å². The highest BCUT2D eigenvalue weighted by atomic mass is 19.3. The predicted molar refractivity (Wildman–Crippen MR) is 103 cm³/mol. The van der Waals surface area contributed by atoms with Crippen molar-refractivity contribution in [2.45, 2.75) is 45.7 Å². The second kappa shape index (κ2) is 7.94. The number of hydrogen-bond acceptors (Lipinski definition) is 3. The zero-order chi connectivity index (χ0) is 19.6. The van der Waals surface area contributed by atoms with E-state index in [1.54, 1.807) is 26.0 Å². The highest BCUT2D eigenvalue weighted by molar-refractivity contribution is 6.00. The maximum absolute atomic E-state index is 13.0. The van der Waals surface area contributed by atoms with Crippen LogP contribution in [0.4, 0.5) is 20.2 Å². The molecule has 6 heteroatoms. The molecule has 0 aliphatic carbocycles. The number of carbonyl (C=O) groups is 1. The third-order valence-electron chi connectivity index (χ3n) is 4.75. The van der Waals surface area contributed by atoms with Gasteiger partial charge in [0.2, 0.25) is 5.91 Å². The van der Waals surface area contributed by atoms with Gasteiger partial charge in [-0.15, -0.1) is 0 Å². The van der Waals surface area contributed by atoms with E-state index in [-0.39, 0.29) is 11.9 Å². The molecule has 0 radical (unpaired) electrons. The van der Waals surface area contributed by atoms with Crippen LogP contribution in [0.2, 0.25) is 0 Å². The second-order valence-electron chi connectivity index (χ2n) is 6.94. The number of nitrogens with one attached hydrogen (secondary N) is 1. The minimum Gasteiger partial charge on any atom is -0.487 e. The number of halogens is 2. The zero-order valence-electron chi connectivity index (χ0n) is 15.7. The molecule has 1 aliphatic rings. The number of aryl methyl sites for hydroxylation is 1. The molecule has 0 fully saturated rings. The molecule has 2 aromatic carbocycles. The van der Waals surface area contributed by atoms with Gasteiger partial charge in [0, 0.05) is 23.5 Å². The summed E-state index contributed by atoms with van der Waals surface area (Å²) in [6, 6.07) is 12.8. The van der Waals surface area contributed by atoms with Crippen molar-refractivity contribution in [2.24, 2.45) is 0 Å². The number of carbonyl (C=O) groups excluding carboxylic acids is 1. The van der Waals surface area contributed by atoms with Crippen LogP contribution in [0, 0.1) is 6.92 Å². The van der Waals surface area contributed by atoms with E-state index in [1.165, 1.54) is 5.56 Å². The summed E-state index contributed by atoms with van der Waals surface area (Å²) >= 11 is 0. The maximum Gasteiger partial charge on any atom is 0.272 e. The Kier molecular flexibility index (Phi) is 5.63. The fraction of sp³-hybridized carbons (Fsp3) is 0.381. The number of fused-ring (bicyclic) bond motifs is 1. The minimum atomic E-state index is -2.53. The molecule has 0 saturated heterocycles. The molecule has 0 aromatic heterocycles. The Balaban J connectivity index is 1.73. The van der Waals surface area contributed by atoms with Crippen LogP contribution in [0.5, 0.6) is 5.75 Å². The Morgan fingerprint density at radius 3 is 2.78 bits per heavy atom. The third-order valence-corrected chi connectivity index (χ3v) is 4.75. The van der Waals surface area contributed by atoms with Gasteiger partial charge in [-0.05, 0) is 50.5 Å². The quantitative estimate of drug-likeness (QED) is 0.814. The molecule has 1 N–H and O–H groups in total. The summed E-state index contributed by atoms with van der Waals surface area (Å²) in [7, 11) is 0. The number of ether oxygens (including phenoxy) is 1. The van der Waals surface area contributed by atoms with Gasteiger partial charge in [0.15, 0.2) is 0 Å². The molecule has 27 heavy (non-hydrogen) atoms. The standard InChI is InChI=1S/C21H24F2N2O2/c1-13-8-9-17(11-19(13)27-12-20(22)23)24-15(3)21(26)25-14(2)10-16-6-4-5-7-18(16)25/h4-9,11,14-15,20,24H,10,12H2,1-3H3. The molecule has 2 aromatic rings. The number of para-hydroxylation sites is 1. The molecule has 4 nitrogen and oxygen atoms in total. The van der Waals surface area contributed by atoms with E-state index in [4.69, 9.17) is 4.74 Å². The van der Waals surface area contributed by atoms with Crippen LogP contribution in [0.15, 0.2) is 42.5 Å². The van der Waals surface area contributed by atoms with Crippen molar-refractivity contribution >= 4 is 17.3 Å². The van der Waals surface area contributed by atoms with E-state index >= 15 is 0 Å². The van der Waals surface area contributed by atoms with Gasteiger partial charge in [-0.2, -0.15) is 0 Å². The Bertz CT molecular complexity index is 826. The van der Waals surface area contributed by atoms with Crippen molar-refractivity contribution in [1.29, 1.82) is 0 Å². The van der Waals surface area contributed by atoms with Gasteiger partial charge in [0.05, 0.1) is 0 Å². The average Bonchev–Trinajstić information content (AvgIpc) is 2.97. The number of anilines is 2. The molecular formula is C21H24F2N2O2. The first-order chi connectivity index (χ1) is 12.9. The molecule has 0 bridgehead atoms. The lowest BCUT2D eigenvalue weighted by Crippen LogP contribution is -2.44. The first kappa shape index (κ1) is 19.1. The van der Waals surface area contributed by atoms with E-state index in [0.29, 0.717) is 11.4 Å². The first-order valence-electron chi connectivity index (χ1n) is 9.06. The van der Waals surface area contributed by atoms with Gasteiger partial charge in [0.1, 0.15) is 18.4 Å². The molecular weight excluding hydrogens is 350 g/mol. The molecule has 3 rings (SSSR count). The van der Waals surface area contributed by atoms with E-state index in [9.17, 15) is 13.6 Å². The number of amides is 1. The Morgan fingerprint density at radius 2 is 2.04 bits per heavy atom. The van der Waals surface area contributed by atoms with Gasteiger partial charge < -0.3 is 15.0 Å². The maximum atomic E-state index is 13.0. The van der Waals surface area contributed by atoms with E-state index in [2.05, 4.69) is 5.32 Å². The van der Waals surface area contributed by atoms with Gasteiger partial charge in [-0.3, -0.25) is 4.79 Å². The van der Waals surface area contributed by atoms with Crippen LogP contribution < -0.4 is 15.0 Å². The fourth-order valence-electron chi connectivity index (χ4n) is 3.42. The van der Waals surface area contributed by atoms with Gasteiger partial charge >= 0.3 is 0 Å². The summed E-state index contributed by atoms with van der Waals surface area (Å²) in [5.41, 5.74) is 3.55.